The Hall–Kier alpha value is -0.820. The molecule has 0 saturated heterocycles. The summed E-state index contributed by atoms with van der Waals surface area (Å²) >= 11 is 0. The van der Waals surface area contributed by atoms with Crippen molar-refractivity contribution in [3.05, 3.63) is 35.4 Å². The first-order chi connectivity index (χ1) is 7.92. The van der Waals surface area contributed by atoms with Crippen molar-refractivity contribution in [2.45, 2.75) is 51.9 Å². The van der Waals surface area contributed by atoms with Crippen LogP contribution in [0.4, 0.5) is 0 Å². The Morgan fingerprint density at radius 2 is 2.00 bits per heavy atom. The highest BCUT2D eigenvalue weighted by molar-refractivity contribution is 5.32. The van der Waals surface area contributed by atoms with Crippen molar-refractivity contribution in [3.8, 4) is 0 Å². The number of hydrogen-bond acceptors (Lipinski definition) is 1. The van der Waals surface area contributed by atoms with E-state index in [1.54, 1.807) is 11.1 Å². The molecule has 0 aliphatic heterocycles. The van der Waals surface area contributed by atoms with Gasteiger partial charge in [-0.15, -0.1) is 0 Å². The molecule has 0 saturated carbocycles. The molecule has 0 fully saturated rings. The smallest absolute Gasteiger partial charge is 0.00771 e. The minimum absolute atomic E-state index is 0.781. The summed E-state index contributed by atoms with van der Waals surface area (Å²) in [5.74, 6) is 0.781. The van der Waals surface area contributed by atoms with Crippen LogP contribution < -0.4 is 5.73 Å². The zero-order chi connectivity index (χ0) is 11.8. The first-order valence-corrected chi connectivity index (χ1v) is 6.69. The predicted molar refractivity (Wildman–Crippen MR) is 71.8 cm³/mol. The first kappa shape index (κ1) is 13.2. The van der Waals surface area contributed by atoms with Gasteiger partial charge in [-0.2, -0.15) is 0 Å². The van der Waals surface area contributed by atoms with Crippen LogP contribution in [-0.4, -0.2) is 6.54 Å². The van der Waals surface area contributed by atoms with E-state index in [9.17, 15) is 0 Å². The second-order valence-electron chi connectivity index (χ2n) is 4.22. The van der Waals surface area contributed by atoms with Crippen LogP contribution in [0.25, 0.3) is 0 Å². The fraction of sp³-hybridized carbons (Fsp3) is 0.600. The van der Waals surface area contributed by atoms with Crippen molar-refractivity contribution in [1.82, 2.24) is 0 Å². The number of benzene rings is 1. The van der Waals surface area contributed by atoms with Gasteiger partial charge >= 0.3 is 0 Å². The Labute approximate surface area is 100 Å². The molecule has 0 radical (unpaired) electrons. The zero-order valence-corrected chi connectivity index (χ0v) is 10.7. The van der Waals surface area contributed by atoms with E-state index in [0.717, 1.165) is 12.5 Å². The maximum Gasteiger partial charge on any atom is -0.00771 e. The molecule has 0 spiro atoms. The van der Waals surface area contributed by atoms with Gasteiger partial charge < -0.3 is 5.73 Å². The first-order valence-electron chi connectivity index (χ1n) is 6.69. The molecule has 0 amide bonds. The topological polar surface area (TPSA) is 26.0 Å². The van der Waals surface area contributed by atoms with Gasteiger partial charge in [0.25, 0.3) is 0 Å². The van der Waals surface area contributed by atoms with Crippen LogP contribution in [0.5, 0.6) is 0 Å². The summed E-state index contributed by atoms with van der Waals surface area (Å²) in [6.07, 6.45) is 6.42. The van der Waals surface area contributed by atoms with Crippen molar-refractivity contribution in [2.75, 3.05) is 6.54 Å². The molecule has 1 nitrogen and oxygen atoms in total. The van der Waals surface area contributed by atoms with Gasteiger partial charge in [0, 0.05) is 0 Å². The molecule has 0 heterocycles. The molecule has 0 bridgehead atoms. The van der Waals surface area contributed by atoms with Gasteiger partial charge in [0.05, 0.1) is 0 Å². The minimum Gasteiger partial charge on any atom is -0.330 e. The number of nitrogens with two attached hydrogens (primary N) is 1. The highest BCUT2D eigenvalue weighted by atomic mass is 14.5. The molecule has 0 aromatic heterocycles. The van der Waals surface area contributed by atoms with Crippen molar-refractivity contribution in [1.29, 1.82) is 0 Å². The molecular formula is C15H25N. The highest BCUT2D eigenvalue weighted by Crippen LogP contribution is 2.34. The molecule has 1 aromatic carbocycles. The number of fused-ring (bicyclic) bond motifs is 1. The Balaban J connectivity index is 0.000000606. The van der Waals surface area contributed by atoms with E-state index >= 15 is 0 Å². The lowest BCUT2D eigenvalue weighted by molar-refractivity contribution is 0.508. The van der Waals surface area contributed by atoms with E-state index in [0.29, 0.717) is 0 Å². The fourth-order valence-corrected chi connectivity index (χ4v) is 2.52. The predicted octanol–water partition coefficient (Wildman–Crippen LogP) is 3.87. The molecule has 2 N–H and O–H groups in total. The normalized spacial score (nSPS) is 18.3. The SMILES string of the molecule is CC.NCCC[C@H]1CCCc2ccccc21. The van der Waals surface area contributed by atoms with E-state index in [1.165, 1.54) is 32.1 Å². The average molecular weight is 219 g/mol. The van der Waals surface area contributed by atoms with E-state index in [1.807, 2.05) is 13.8 Å². The van der Waals surface area contributed by atoms with Gasteiger partial charge in [0.2, 0.25) is 0 Å². The Kier molecular flexibility index (Phi) is 6.17. The second-order valence-corrected chi connectivity index (χ2v) is 4.22. The van der Waals surface area contributed by atoms with Crippen LogP contribution in [0.1, 0.15) is 56.6 Å². The fourth-order valence-electron chi connectivity index (χ4n) is 2.52. The van der Waals surface area contributed by atoms with Gasteiger partial charge in [-0.1, -0.05) is 38.1 Å². The Morgan fingerprint density at radius 3 is 2.75 bits per heavy atom. The maximum atomic E-state index is 5.57. The number of hydrogen-bond donors (Lipinski definition) is 1. The van der Waals surface area contributed by atoms with Crippen LogP contribution in [0.2, 0.25) is 0 Å². The molecule has 0 unspecified atom stereocenters. The largest absolute Gasteiger partial charge is 0.330 e. The Morgan fingerprint density at radius 1 is 1.25 bits per heavy atom. The number of rotatable bonds is 3. The molecular weight excluding hydrogens is 194 g/mol. The van der Waals surface area contributed by atoms with E-state index in [-0.39, 0.29) is 0 Å². The summed E-state index contributed by atoms with van der Waals surface area (Å²) in [6.45, 7) is 4.83. The molecule has 1 aliphatic rings. The van der Waals surface area contributed by atoms with Crippen LogP contribution in [0, 0.1) is 0 Å². The summed E-state index contributed by atoms with van der Waals surface area (Å²) in [5, 5.41) is 0. The minimum atomic E-state index is 0.781. The van der Waals surface area contributed by atoms with Crippen LogP contribution >= 0.6 is 0 Å². The van der Waals surface area contributed by atoms with Gasteiger partial charge in [-0.25, -0.2) is 0 Å². The zero-order valence-electron chi connectivity index (χ0n) is 10.7. The lowest BCUT2D eigenvalue weighted by atomic mass is 9.80. The summed E-state index contributed by atoms with van der Waals surface area (Å²) in [5.41, 5.74) is 8.73. The molecule has 90 valence electrons. The monoisotopic (exact) mass is 219 g/mol. The summed E-state index contributed by atoms with van der Waals surface area (Å²) < 4.78 is 0. The summed E-state index contributed by atoms with van der Waals surface area (Å²) in [6, 6.07) is 8.91. The third kappa shape index (κ3) is 3.34. The van der Waals surface area contributed by atoms with Crippen LogP contribution in [0.15, 0.2) is 24.3 Å². The average Bonchev–Trinajstić information content (AvgIpc) is 2.38. The molecule has 1 aromatic rings. The standard InChI is InChI=1S/C13H19N.C2H6/c14-10-4-8-12-7-3-6-11-5-1-2-9-13(11)12;1-2/h1-2,5,9,12H,3-4,6-8,10,14H2;1-2H3/t12-;/m1./s1. The quantitative estimate of drug-likeness (QED) is 0.820. The van der Waals surface area contributed by atoms with Crippen LogP contribution in [0.3, 0.4) is 0 Å². The third-order valence-corrected chi connectivity index (χ3v) is 3.25. The second kappa shape index (κ2) is 7.45. The van der Waals surface area contributed by atoms with Crippen molar-refractivity contribution in [3.63, 3.8) is 0 Å². The summed E-state index contributed by atoms with van der Waals surface area (Å²) in [4.78, 5) is 0. The van der Waals surface area contributed by atoms with Crippen molar-refractivity contribution < 1.29 is 0 Å². The maximum absolute atomic E-state index is 5.57. The van der Waals surface area contributed by atoms with E-state index in [4.69, 9.17) is 5.73 Å². The van der Waals surface area contributed by atoms with E-state index < -0.39 is 0 Å². The molecule has 2 rings (SSSR count). The van der Waals surface area contributed by atoms with Gasteiger partial charge in [0.1, 0.15) is 0 Å². The third-order valence-electron chi connectivity index (χ3n) is 3.25. The molecule has 1 atom stereocenters. The molecule has 1 aliphatic carbocycles. The summed E-state index contributed by atoms with van der Waals surface area (Å²) in [7, 11) is 0. The number of aryl methyl sites for hydroxylation is 1. The lowest BCUT2D eigenvalue weighted by Crippen LogP contribution is -2.11. The lowest BCUT2D eigenvalue weighted by Gasteiger charge is -2.25. The van der Waals surface area contributed by atoms with Gasteiger partial charge in [-0.3, -0.25) is 0 Å². The Bertz CT molecular complexity index is 293. The van der Waals surface area contributed by atoms with E-state index in [2.05, 4.69) is 24.3 Å². The molecule has 1 heteroatoms. The van der Waals surface area contributed by atoms with Gasteiger partial charge in [0.15, 0.2) is 0 Å². The highest BCUT2D eigenvalue weighted by Gasteiger charge is 2.18. The molecule has 16 heavy (non-hydrogen) atoms. The van der Waals surface area contributed by atoms with Crippen molar-refractivity contribution in [2.24, 2.45) is 5.73 Å². The van der Waals surface area contributed by atoms with Gasteiger partial charge in [-0.05, 0) is 55.7 Å². The van der Waals surface area contributed by atoms with Crippen molar-refractivity contribution >= 4 is 0 Å². The van der Waals surface area contributed by atoms with Crippen LogP contribution in [-0.2, 0) is 6.42 Å².